The molecule has 1 nitrogen and oxygen atoms in total. The third-order valence-corrected chi connectivity index (χ3v) is 3.61. The number of hydrogen-bond acceptors (Lipinski definition) is 1. The van der Waals surface area contributed by atoms with Gasteiger partial charge in [0.25, 0.3) is 0 Å². The van der Waals surface area contributed by atoms with Crippen LogP contribution in [0.2, 0.25) is 0 Å². The van der Waals surface area contributed by atoms with Crippen LogP contribution in [0.4, 0.5) is 0 Å². The maximum Gasteiger partial charge on any atom is -0.00510 e. The molecule has 0 saturated heterocycles. The molecule has 0 fully saturated rings. The molecule has 0 saturated carbocycles. The average Bonchev–Trinajstić information content (AvgIpc) is 1.62. The monoisotopic (exact) mass is 133 g/mol. The van der Waals surface area contributed by atoms with Crippen molar-refractivity contribution >= 4 is 8.07 Å². The van der Waals surface area contributed by atoms with E-state index in [4.69, 9.17) is 5.50 Å². The Morgan fingerprint density at radius 2 is 1.75 bits per heavy atom. The Labute approximate surface area is 53.5 Å². The summed E-state index contributed by atoms with van der Waals surface area (Å²) in [5.74, 6) is 0. The maximum atomic E-state index is 5.81. The molecule has 0 radical (unpaired) electrons. The van der Waals surface area contributed by atoms with E-state index in [1.807, 2.05) is 0 Å². The third-order valence-electron chi connectivity index (χ3n) is 1.20. The zero-order valence-electron chi connectivity index (χ0n) is 6.23. The molecule has 8 heavy (non-hydrogen) atoms. The Morgan fingerprint density at radius 3 is 1.75 bits per heavy atom. The van der Waals surface area contributed by atoms with Gasteiger partial charge >= 0.3 is 0 Å². The second kappa shape index (κ2) is 2.80. The number of nitrogens with two attached hydrogens (primary N) is 1. The summed E-state index contributed by atoms with van der Waals surface area (Å²) in [6.45, 7) is 8.74. The summed E-state index contributed by atoms with van der Waals surface area (Å²) in [6.07, 6.45) is 1.14. The normalized spacial score (nSPS) is 16.1. The molecule has 0 aliphatic rings. The maximum absolute atomic E-state index is 5.81. The Hall–Kier alpha value is 0.390. The summed E-state index contributed by atoms with van der Waals surface area (Å²) in [5, 5.41) is 0.351. The summed E-state index contributed by atoms with van der Waals surface area (Å²) < 4.78 is 0. The lowest BCUT2D eigenvalue weighted by atomic mass is 10.3. The molecule has 0 rings (SSSR count). The van der Waals surface area contributed by atoms with E-state index in [1.54, 1.807) is 0 Å². The van der Waals surface area contributed by atoms with E-state index in [9.17, 15) is 0 Å². The molecule has 0 amide bonds. The molecule has 0 aromatic rings. The first kappa shape index (κ1) is 8.39. The van der Waals surface area contributed by atoms with E-state index >= 15 is 0 Å². The molecule has 0 aromatic heterocycles. The predicted octanol–water partition coefficient (Wildman–Crippen LogP) is 2.16. The van der Waals surface area contributed by atoms with E-state index < -0.39 is 0 Å². The van der Waals surface area contributed by atoms with Gasteiger partial charge in [-0.25, -0.2) is 0 Å². The van der Waals surface area contributed by atoms with Crippen LogP contribution in [0.3, 0.4) is 0 Å². The van der Waals surface area contributed by atoms with Gasteiger partial charge < -0.3 is 5.50 Å². The molecular formula is C6H16NP. The molecule has 1 atom stereocenters. The van der Waals surface area contributed by atoms with Crippen molar-refractivity contribution in [3.63, 3.8) is 0 Å². The van der Waals surface area contributed by atoms with Crippen molar-refractivity contribution < 1.29 is 0 Å². The van der Waals surface area contributed by atoms with Crippen LogP contribution in [0.5, 0.6) is 0 Å². The molecule has 0 aliphatic heterocycles. The van der Waals surface area contributed by atoms with Gasteiger partial charge in [-0.15, -0.1) is 0 Å². The van der Waals surface area contributed by atoms with Crippen LogP contribution >= 0.6 is 8.07 Å². The summed E-state index contributed by atoms with van der Waals surface area (Å²) in [5.41, 5.74) is 5.81. The molecule has 0 aromatic carbocycles. The van der Waals surface area contributed by atoms with Crippen LogP contribution in [0, 0.1) is 0 Å². The van der Waals surface area contributed by atoms with Gasteiger partial charge in [0, 0.05) is 0 Å². The minimum atomic E-state index is -0.219. The van der Waals surface area contributed by atoms with Crippen molar-refractivity contribution in [2.75, 3.05) is 6.16 Å². The molecule has 0 heterocycles. The van der Waals surface area contributed by atoms with Crippen LogP contribution < -0.4 is 5.50 Å². The lowest BCUT2D eigenvalue weighted by Crippen LogP contribution is -2.17. The van der Waals surface area contributed by atoms with Gasteiger partial charge in [-0.05, 0) is 19.4 Å². The minimum absolute atomic E-state index is 0.219. The highest BCUT2D eigenvalue weighted by Gasteiger charge is 2.17. The second-order valence-corrected chi connectivity index (χ2v) is 5.87. The topological polar surface area (TPSA) is 26.0 Å². The predicted molar refractivity (Wildman–Crippen MR) is 41.4 cm³/mol. The molecule has 2 N–H and O–H groups in total. The first-order valence-corrected chi connectivity index (χ1v) is 4.60. The second-order valence-electron chi connectivity index (χ2n) is 2.96. The van der Waals surface area contributed by atoms with E-state index in [-0.39, 0.29) is 8.07 Å². The zero-order valence-corrected chi connectivity index (χ0v) is 7.13. The van der Waals surface area contributed by atoms with Gasteiger partial charge in [0.15, 0.2) is 0 Å². The molecule has 0 bridgehead atoms. The third kappa shape index (κ3) is 2.64. The average molecular weight is 133 g/mol. The van der Waals surface area contributed by atoms with Crippen LogP contribution in [-0.4, -0.2) is 11.3 Å². The van der Waals surface area contributed by atoms with Crippen molar-refractivity contribution in [2.45, 2.75) is 32.9 Å². The fraction of sp³-hybridized carbons (Fsp3) is 1.00. The van der Waals surface area contributed by atoms with Gasteiger partial charge in [-0.1, -0.05) is 27.7 Å². The van der Waals surface area contributed by atoms with Gasteiger partial charge in [-0.3, -0.25) is 0 Å². The molecule has 0 unspecified atom stereocenters. The summed E-state index contributed by atoms with van der Waals surface area (Å²) in [6, 6.07) is 0. The lowest BCUT2D eigenvalue weighted by Gasteiger charge is -2.25. The minimum Gasteiger partial charge on any atom is -0.309 e. The molecule has 50 valence electrons. The van der Waals surface area contributed by atoms with E-state index in [0.29, 0.717) is 5.16 Å². The molecule has 0 aliphatic carbocycles. The van der Waals surface area contributed by atoms with Crippen molar-refractivity contribution in [3.8, 4) is 0 Å². The summed E-state index contributed by atoms with van der Waals surface area (Å²) in [4.78, 5) is 0. The molecule has 2 heteroatoms. The smallest absolute Gasteiger partial charge is 0.00510 e. The van der Waals surface area contributed by atoms with Crippen LogP contribution in [0.1, 0.15) is 27.7 Å². The molecular weight excluding hydrogens is 117 g/mol. The van der Waals surface area contributed by atoms with Crippen molar-refractivity contribution in [2.24, 2.45) is 5.50 Å². The van der Waals surface area contributed by atoms with Crippen molar-refractivity contribution in [1.82, 2.24) is 0 Å². The largest absolute Gasteiger partial charge is 0.309 e. The summed E-state index contributed by atoms with van der Waals surface area (Å²) >= 11 is 0. The Morgan fingerprint density at radius 1 is 1.38 bits per heavy atom. The van der Waals surface area contributed by atoms with Gasteiger partial charge in [0.05, 0.1) is 0 Å². The quantitative estimate of drug-likeness (QED) is 0.545. The van der Waals surface area contributed by atoms with Crippen LogP contribution in [-0.2, 0) is 0 Å². The SMILES string of the molecule is CC[P@](N)C(C)(C)C. The Bertz CT molecular complexity index is 65.4. The van der Waals surface area contributed by atoms with E-state index in [1.165, 1.54) is 0 Å². The highest BCUT2D eigenvalue weighted by atomic mass is 31.1. The van der Waals surface area contributed by atoms with Crippen molar-refractivity contribution in [1.29, 1.82) is 0 Å². The lowest BCUT2D eigenvalue weighted by molar-refractivity contribution is 0.781. The van der Waals surface area contributed by atoms with Gasteiger partial charge in [0.1, 0.15) is 0 Å². The van der Waals surface area contributed by atoms with Crippen LogP contribution in [0.15, 0.2) is 0 Å². The standard InChI is InChI=1S/C6H16NP/c1-5-8(7)6(2,3)4/h5,7H2,1-4H3/t8-/m0/s1. The Kier molecular flexibility index (Phi) is 2.93. The molecule has 0 spiro atoms. The highest BCUT2D eigenvalue weighted by molar-refractivity contribution is 7.56. The van der Waals surface area contributed by atoms with Gasteiger partial charge in [0.2, 0.25) is 0 Å². The highest BCUT2D eigenvalue weighted by Crippen LogP contribution is 2.40. The number of hydrogen-bond donors (Lipinski definition) is 1. The summed E-state index contributed by atoms with van der Waals surface area (Å²) in [7, 11) is -0.219. The van der Waals surface area contributed by atoms with Crippen LogP contribution in [0.25, 0.3) is 0 Å². The first-order chi connectivity index (χ1) is 3.48. The van der Waals surface area contributed by atoms with Gasteiger partial charge in [-0.2, -0.15) is 0 Å². The van der Waals surface area contributed by atoms with E-state index in [2.05, 4.69) is 27.7 Å². The first-order valence-electron chi connectivity index (χ1n) is 3.01. The fourth-order valence-corrected chi connectivity index (χ4v) is 1.42. The van der Waals surface area contributed by atoms with E-state index in [0.717, 1.165) is 6.16 Å². The van der Waals surface area contributed by atoms with Crippen molar-refractivity contribution in [3.05, 3.63) is 0 Å². The Balaban J connectivity index is 3.62. The zero-order chi connectivity index (χ0) is 6.78. The number of rotatable bonds is 1. The fourth-order valence-electron chi connectivity index (χ4n) is 0.474.